The van der Waals surface area contributed by atoms with Gasteiger partial charge in [-0.1, -0.05) is 13.3 Å². The molecule has 17 heavy (non-hydrogen) atoms. The molecule has 90 valence electrons. The van der Waals surface area contributed by atoms with Gasteiger partial charge in [0.1, 0.15) is 6.07 Å². The zero-order valence-corrected chi connectivity index (χ0v) is 10.2. The summed E-state index contributed by atoms with van der Waals surface area (Å²) < 4.78 is 0. The van der Waals surface area contributed by atoms with Gasteiger partial charge < -0.3 is 10.6 Å². The van der Waals surface area contributed by atoms with Crippen molar-refractivity contribution in [3.8, 4) is 6.07 Å². The molecule has 1 saturated heterocycles. The van der Waals surface area contributed by atoms with E-state index in [1.165, 1.54) is 19.3 Å². The SMILES string of the molecule is CCCC1CCN(c2ncc(C#N)cc2N)C1. The maximum Gasteiger partial charge on any atom is 0.151 e. The van der Waals surface area contributed by atoms with Gasteiger partial charge in [-0.3, -0.25) is 0 Å². The Labute approximate surface area is 102 Å². The maximum atomic E-state index is 8.77. The standard InChI is InChI=1S/C13H18N4/c1-2-3-10-4-5-17(9-10)13-12(15)6-11(7-14)8-16-13/h6,8,10H,2-5,9,15H2,1H3. The number of nitrogens with zero attached hydrogens (tertiary/aromatic N) is 3. The Morgan fingerprint density at radius 1 is 1.65 bits per heavy atom. The second-order valence-corrected chi connectivity index (χ2v) is 4.64. The van der Waals surface area contributed by atoms with Gasteiger partial charge in [0.15, 0.2) is 5.82 Å². The summed E-state index contributed by atoms with van der Waals surface area (Å²) in [6.45, 7) is 4.28. The molecule has 0 saturated carbocycles. The highest BCUT2D eigenvalue weighted by molar-refractivity contribution is 5.64. The molecule has 0 bridgehead atoms. The number of hydrogen-bond donors (Lipinski definition) is 1. The summed E-state index contributed by atoms with van der Waals surface area (Å²) in [6, 6.07) is 3.76. The fourth-order valence-electron chi connectivity index (χ4n) is 2.47. The van der Waals surface area contributed by atoms with Gasteiger partial charge in [0.25, 0.3) is 0 Å². The second-order valence-electron chi connectivity index (χ2n) is 4.64. The number of hydrogen-bond acceptors (Lipinski definition) is 4. The zero-order chi connectivity index (χ0) is 12.3. The number of rotatable bonds is 3. The van der Waals surface area contributed by atoms with Gasteiger partial charge in [-0.2, -0.15) is 5.26 Å². The Morgan fingerprint density at radius 3 is 3.12 bits per heavy atom. The lowest BCUT2D eigenvalue weighted by Crippen LogP contribution is -2.22. The fourth-order valence-corrected chi connectivity index (χ4v) is 2.47. The van der Waals surface area contributed by atoms with E-state index in [1.807, 2.05) is 0 Å². The molecule has 1 aliphatic heterocycles. The van der Waals surface area contributed by atoms with Crippen LogP contribution in [-0.2, 0) is 0 Å². The van der Waals surface area contributed by atoms with Crippen molar-refractivity contribution in [3.63, 3.8) is 0 Å². The van der Waals surface area contributed by atoms with Crippen molar-refractivity contribution < 1.29 is 0 Å². The quantitative estimate of drug-likeness (QED) is 0.864. The number of nitriles is 1. The first-order valence-electron chi connectivity index (χ1n) is 6.15. The third kappa shape index (κ3) is 2.50. The van der Waals surface area contributed by atoms with Gasteiger partial charge >= 0.3 is 0 Å². The van der Waals surface area contributed by atoms with Crippen LogP contribution < -0.4 is 10.6 Å². The highest BCUT2D eigenvalue weighted by Crippen LogP contribution is 2.28. The van der Waals surface area contributed by atoms with Crippen molar-refractivity contribution >= 4 is 11.5 Å². The Morgan fingerprint density at radius 2 is 2.47 bits per heavy atom. The molecule has 4 nitrogen and oxygen atoms in total. The van der Waals surface area contributed by atoms with Crippen LogP contribution in [0, 0.1) is 17.2 Å². The molecular formula is C13H18N4. The van der Waals surface area contributed by atoms with Crippen LogP contribution in [0.25, 0.3) is 0 Å². The van der Waals surface area contributed by atoms with Crippen LogP contribution in [0.2, 0.25) is 0 Å². The van der Waals surface area contributed by atoms with Crippen LogP contribution >= 0.6 is 0 Å². The fraction of sp³-hybridized carbons (Fsp3) is 0.538. The first-order chi connectivity index (χ1) is 8.24. The predicted molar refractivity (Wildman–Crippen MR) is 68.6 cm³/mol. The molecule has 2 N–H and O–H groups in total. The van der Waals surface area contributed by atoms with E-state index in [0.717, 1.165) is 24.8 Å². The van der Waals surface area contributed by atoms with Crippen molar-refractivity contribution in [2.24, 2.45) is 5.92 Å². The zero-order valence-electron chi connectivity index (χ0n) is 10.2. The van der Waals surface area contributed by atoms with Crippen molar-refractivity contribution in [1.82, 2.24) is 4.98 Å². The molecule has 1 unspecified atom stereocenters. The number of anilines is 2. The molecule has 0 amide bonds. The number of pyridine rings is 1. The van der Waals surface area contributed by atoms with E-state index in [4.69, 9.17) is 11.0 Å². The minimum atomic E-state index is 0.524. The molecule has 1 fully saturated rings. The lowest BCUT2D eigenvalue weighted by molar-refractivity contribution is 0.529. The molecule has 0 radical (unpaired) electrons. The summed E-state index contributed by atoms with van der Waals surface area (Å²) in [4.78, 5) is 6.54. The van der Waals surface area contributed by atoms with Gasteiger partial charge in [0.05, 0.1) is 11.3 Å². The van der Waals surface area contributed by atoms with E-state index < -0.39 is 0 Å². The van der Waals surface area contributed by atoms with Gasteiger partial charge in [-0.25, -0.2) is 4.98 Å². The summed E-state index contributed by atoms with van der Waals surface area (Å²) in [7, 11) is 0. The molecule has 0 aliphatic carbocycles. The molecule has 4 heteroatoms. The lowest BCUT2D eigenvalue weighted by Gasteiger charge is -2.19. The van der Waals surface area contributed by atoms with Crippen molar-refractivity contribution in [3.05, 3.63) is 17.8 Å². The Hall–Kier alpha value is -1.76. The number of nitrogen functional groups attached to an aromatic ring is 1. The average molecular weight is 230 g/mol. The second kappa shape index (κ2) is 5.05. The molecule has 1 aromatic rings. The summed E-state index contributed by atoms with van der Waals surface area (Å²) in [6.07, 6.45) is 5.31. The van der Waals surface area contributed by atoms with E-state index >= 15 is 0 Å². The van der Waals surface area contributed by atoms with Crippen LogP contribution in [-0.4, -0.2) is 18.1 Å². The predicted octanol–water partition coefficient (Wildman–Crippen LogP) is 2.16. The Kier molecular flexibility index (Phi) is 3.48. The smallest absolute Gasteiger partial charge is 0.151 e. The van der Waals surface area contributed by atoms with Crippen LogP contribution in [0.5, 0.6) is 0 Å². The first-order valence-corrected chi connectivity index (χ1v) is 6.15. The number of nitrogens with two attached hydrogens (primary N) is 1. The van der Waals surface area contributed by atoms with E-state index in [9.17, 15) is 0 Å². The van der Waals surface area contributed by atoms with Gasteiger partial charge in [0, 0.05) is 19.3 Å². The molecule has 0 aromatic carbocycles. The van der Waals surface area contributed by atoms with Crippen LogP contribution in [0.3, 0.4) is 0 Å². The van der Waals surface area contributed by atoms with Crippen LogP contribution in [0.1, 0.15) is 31.7 Å². The Bertz CT molecular complexity index is 436. The molecule has 2 heterocycles. The normalized spacial score (nSPS) is 19.3. The Balaban J connectivity index is 2.11. The lowest BCUT2D eigenvalue weighted by atomic mass is 10.0. The summed E-state index contributed by atoms with van der Waals surface area (Å²) >= 11 is 0. The van der Waals surface area contributed by atoms with E-state index in [-0.39, 0.29) is 0 Å². The van der Waals surface area contributed by atoms with Crippen molar-refractivity contribution in [1.29, 1.82) is 5.26 Å². The average Bonchev–Trinajstić information content (AvgIpc) is 2.78. The van der Waals surface area contributed by atoms with Gasteiger partial charge in [-0.15, -0.1) is 0 Å². The summed E-state index contributed by atoms with van der Waals surface area (Å²) in [5.74, 6) is 1.60. The van der Waals surface area contributed by atoms with Crippen molar-refractivity contribution in [2.45, 2.75) is 26.2 Å². The molecule has 1 atom stereocenters. The van der Waals surface area contributed by atoms with E-state index in [1.54, 1.807) is 12.3 Å². The largest absolute Gasteiger partial charge is 0.396 e. The highest BCUT2D eigenvalue weighted by Gasteiger charge is 2.24. The molecule has 1 aliphatic rings. The van der Waals surface area contributed by atoms with Gasteiger partial charge in [-0.05, 0) is 24.8 Å². The van der Waals surface area contributed by atoms with Crippen LogP contribution in [0.15, 0.2) is 12.3 Å². The van der Waals surface area contributed by atoms with E-state index in [0.29, 0.717) is 11.3 Å². The third-order valence-corrected chi connectivity index (χ3v) is 3.31. The number of aromatic nitrogens is 1. The first kappa shape index (κ1) is 11.7. The molecule has 1 aromatic heterocycles. The van der Waals surface area contributed by atoms with Gasteiger partial charge in [0.2, 0.25) is 0 Å². The monoisotopic (exact) mass is 230 g/mol. The minimum absolute atomic E-state index is 0.524. The molecular weight excluding hydrogens is 212 g/mol. The summed E-state index contributed by atoms with van der Waals surface area (Å²) in [5, 5.41) is 8.77. The van der Waals surface area contributed by atoms with E-state index in [2.05, 4.69) is 22.9 Å². The maximum absolute atomic E-state index is 8.77. The molecule has 2 rings (SSSR count). The molecule has 0 spiro atoms. The van der Waals surface area contributed by atoms with Crippen molar-refractivity contribution in [2.75, 3.05) is 23.7 Å². The minimum Gasteiger partial charge on any atom is -0.396 e. The third-order valence-electron chi connectivity index (χ3n) is 3.31. The highest BCUT2D eigenvalue weighted by atomic mass is 15.2. The topological polar surface area (TPSA) is 65.9 Å². The van der Waals surface area contributed by atoms with Crippen LogP contribution in [0.4, 0.5) is 11.5 Å². The summed E-state index contributed by atoms with van der Waals surface area (Å²) in [5.41, 5.74) is 7.08.